The number of hydrogen-bond donors (Lipinski definition) is 1. The molecule has 0 bridgehead atoms. The quantitative estimate of drug-likeness (QED) is 0.232. The number of ether oxygens (including phenoxy) is 1. The van der Waals surface area contributed by atoms with Crippen LogP contribution >= 0.6 is 35.6 Å². The maximum Gasteiger partial charge on any atom is 0.310 e. The highest BCUT2D eigenvalue weighted by Gasteiger charge is 2.36. The first-order valence-corrected chi connectivity index (χ1v) is 8.71. The SMILES string of the molecule is CN=C(NCCCc1ccccc1Cl)N1CC(C)C(C(=O)OC)C1.I. The van der Waals surface area contributed by atoms with Crippen molar-refractivity contribution in [3.05, 3.63) is 34.9 Å². The van der Waals surface area contributed by atoms with Crippen LogP contribution in [-0.4, -0.2) is 50.6 Å². The smallest absolute Gasteiger partial charge is 0.310 e. The lowest BCUT2D eigenvalue weighted by atomic mass is 9.99. The summed E-state index contributed by atoms with van der Waals surface area (Å²) >= 11 is 6.18. The number of halogens is 2. The largest absolute Gasteiger partial charge is 0.469 e. The molecule has 7 heteroatoms. The molecule has 1 saturated heterocycles. The van der Waals surface area contributed by atoms with Gasteiger partial charge in [-0.3, -0.25) is 9.79 Å². The molecule has 2 unspecified atom stereocenters. The van der Waals surface area contributed by atoms with Crippen molar-refractivity contribution in [2.45, 2.75) is 19.8 Å². The molecule has 1 aliphatic heterocycles. The van der Waals surface area contributed by atoms with E-state index in [1.165, 1.54) is 7.11 Å². The molecular formula is C18H27ClIN3O2. The van der Waals surface area contributed by atoms with Gasteiger partial charge in [0.2, 0.25) is 0 Å². The highest BCUT2D eigenvalue weighted by Crippen LogP contribution is 2.24. The molecule has 2 atom stereocenters. The summed E-state index contributed by atoms with van der Waals surface area (Å²) in [7, 11) is 3.21. The van der Waals surface area contributed by atoms with Gasteiger partial charge in [-0.25, -0.2) is 0 Å². The Bertz CT molecular complexity index is 597. The number of nitrogens with zero attached hydrogens (tertiary/aromatic N) is 2. The number of benzene rings is 1. The van der Waals surface area contributed by atoms with Gasteiger partial charge in [-0.1, -0.05) is 36.7 Å². The molecule has 0 saturated carbocycles. The van der Waals surface area contributed by atoms with Crippen LogP contribution in [0.1, 0.15) is 18.9 Å². The first-order valence-electron chi connectivity index (χ1n) is 8.33. The summed E-state index contributed by atoms with van der Waals surface area (Å²) in [5, 5.41) is 4.20. The number of carbonyl (C=O) groups excluding carboxylic acids is 1. The van der Waals surface area contributed by atoms with Crippen LogP contribution in [0, 0.1) is 11.8 Å². The molecule has 1 N–H and O–H groups in total. The van der Waals surface area contributed by atoms with Gasteiger partial charge in [0.05, 0.1) is 13.0 Å². The normalized spacial score (nSPS) is 20.2. The van der Waals surface area contributed by atoms with Gasteiger partial charge in [0.25, 0.3) is 0 Å². The highest BCUT2D eigenvalue weighted by atomic mass is 127. The van der Waals surface area contributed by atoms with Gasteiger partial charge in [0.1, 0.15) is 0 Å². The van der Waals surface area contributed by atoms with E-state index in [1.807, 2.05) is 18.2 Å². The number of rotatable bonds is 5. The lowest BCUT2D eigenvalue weighted by Crippen LogP contribution is -2.41. The van der Waals surface area contributed by atoms with Gasteiger partial charge in [-0.2, -0.15) is 0 Å². The zero-order chi connectivity index (χ0) is 17.5. The van der Waals surface area contributed by atoms with Crippen molar-refractivity contribution in [3.8, 4) is 0 Å². The third-order valence-corrected chi connectivity index (χ3v) is 4.86. The minimum absolute atomic E-state index is 0. The number of carbonyl (C=O) groups is 1. The summed E-state index contributed by atoms with van der Waals surface area (Å²) in [6.07, 6.45) is 1.89. The zero-order valence-electron chi connectivity index (χ0n) is 15.0. The maximum absolute atomic E-state index is 11.8. The van der Waals surface area contributed by atoms with E-state index in [4.69, 9.17) is 16.3 Å². The molecule has 5 nitrogen and oxygen atoms in total. The fourth-order valence-corrected chi connectivity index (χ4v) is 3.34. The molecule has 0 aliphatic carbocycles. The molecular weight excluding hydrogens is 453 g/mol. The number of methoxy groups -OCH3 is 1. The predicted octanol–water partition coefficient (Wildman–Crippen LogP) is 3.21. The first kappa shape index (κ1) is 22.0. The van der Waals surface area contributed by atoms with Crippen LogP contribution < -0.4 is 5.32 Å². The van der Waals surface area contributed by atoms with Crippen molar-refractivity contribution in [2.24, 2.45) is 16.8 Å². The van der Waals surface area contributed by atoms with Crippen molar-refractivity contribution < 1.29 is 9.53 Å². The van der Waals surface area contributed by atoms with E-state index in [-0.39, 0.29) is 41.8 Å². The van der Waals surface area contributed by atoms with Crippen LogP contribution in [0.4, 0.5) is 0 Å². The fraction of sp³-hybridized carbons (Fsp3) is 0.556. The maximum atomic E-state index is 11.8. The zero-order valence-corrected chi connectivity index (χ0v) is 18.1. The van der Waals surface area contributed by atoms with Gasteiger partial charge in [0, 0.05) is 31.7 Å². The summed E-state index contributed by atoms with van der Waals surface area (Å²) < 4.78 is 4.89. The van der Waals surface area contributed by atoms with Crippen molar-refractivity contribution >= 4 is 47.5 Å². The summed E-state index contributed by atoms with van der Waals surface area (Å²) in [6, 6.07) is 7.92. The summed E-state index contributed by atoms with van der Waals surface area (Å²) in [6.45, 7) is 4.35. The average molecular weight is 480 g/mol. The Morgan fingerprint density at radius 2 is 2.12 bits per heavy atom. The monoisotopic (exact) mass is 479 g/mol. The number of nitrogens with one attached hydrogen (secondary N) is 1. The van der Waals surface area contributed by atoms with Gasteiger partial charge in [0.15, 0.2) is 5.96 Å². The van der Waals surface area contributed by atoms with Crippen molar-refractivity contribution in [1.29, 1.82) is 0 Å². The van der Waals surface area contributed by atoms with Crippen LogP contribution in [0.15, 0.2) is 29.3 Å². The highest BCUT2D eigenvalue weighted by molar-refractivity contribution is 14.0. The number of aliphatic imine (C=N–C) groups is 1. The summed E-state index contributed by atoms with van der Waals surface area (Å²) in [4.78, 5) is 18.3. The van der Waals surface area contributed by atoms with Crippen LogP contribution in [0.2, 0.25) is 5.02 Å². The number of likely N-dealkylation sites (tertiary alicyclic amines) is 1. The van der Waals surface area contributed by atoms with Crippen LogP contribution in [0.3, 0.4) is 0 Å². The molecule has 1 aromatic rings. The topological polar surface area (TPSA) is 53.9 Å². The van der Waals surface area contributed by atoms with E-state index in [2.05, 4.69) is 28.2 Å². The molecule has 1 aliphatic rings. The van der Waals surface area contributed by atoms with E-state index in [1.54, 1.807) is 7.05 Å². The molecule has 0 amide bonds. The molecule has 0 aromatic heterocycles. The van der Waals surface area contributed by atoms with Crippen LogP contribution in [0.25, 0.3) is 0 Å². The van der Waals surface area contributed by atoms with Gasteiger partial charge in [-0.05, 0) is 30.4 Å². The molecule has 1 heterocycles. The Morgan fingerprint density at radius 3 is 2.76 bits per heavy atom. The number of esters is 1. The predicted molar refractivity (Wildman–Crippen MR) is 113 cm³/mol. The molecule has 1 aromatic carbocycles. The fourth-order valence-electron chi connectivity index (χ4n) is 3.11. The van der Waals surface area contributed by atoms with E-state index in [0.29, 0.717) is 6.54 Å². The lowest BCUT2D eigenvalue weighted by molar-refractivity contribution is -0.145. The average Bonchev–Trinajstić information content (AvgIpc) is 2.97. The van der Waals surface area contributed by atoms with Crippen LogP contribution in [0.5, 0.6) is 0 Å². The Morgan fingerprint density at radius 1 is 1.40 bits per heavy atom. The minimum Gasteiger partial charge on any atom is -0.469 e. The van der Waals surface area contributed by atoms with Gasteiger partial charge < -0.3 is 15.0 Å². The Balaban J connectivity index is 0.00000312. The van der Waals surface area contributed by atoms with Crippen molar-refractivity contribution in [3.63, 3.8) is 0 Å². The Kier molecular flexibility index (Phi) is 9.56. The minimum atomic E-state index is -0.140. The lowest BCUT2D eigenvalue weighted by Gasteiger charge is -2.21. The van der Waals surface area contributed by atoms with E-state index < -0.39 is 0 Å². The second kappa shape index (κ2) is 10.9. The molecule has 140 valence electrons. The molecule has 25 heavy (non-hydrogen) atoms. The second-order valence-electron chi connectivity index (χ2n) is 6.18. The molecule has 1 fully saturated rings. The van der Waals surface area contributed by atoms with Gasteiger partial charge in [-0.15, -0.1) is 24.0 Å². The molecule has 2 rings (SSSR count). The van der Waals surface area contributed by atoms with E-state index >= 15 is 0 Å². The molecule has 0 radical (unpaired) electrons. The Labute approximate surface area is 172 Å². The van der Waals surface area contributed by atoms with Crippen molar-refractivity contribution in [2.75, 3.05) is 33.8 Å². The number of hydrogen-bond acceptors (Lipinski definition) is 3. The second-order valence-corrected chi connectivity index (χ2v) is 6.59. The first-order chi connectivity index (χ1) is 11.6. The summed E-state index contributed by atoms with van der Waals surface area (Å²) in [5.74, 6) is 0.877. The van der Waals surface area contributed by atoms with E-state index in [9.17, 15) is 4.79 Å². The third-order valence-electron chi connectivity index (χ3n) is 4.49. The van der Waals surface area contributed by atoms with E-state index in [0.717, 1.165) is 42.5 Å². The number of aryl methyl sites for hydroxylation is 1. The number of guanidine groups is 1. The van der Waals surface area contributed by atoms with Gasteiger partial charge >= 0.3 is 5.97 Å². The van der Waals surface area contributed by atoms with Crippen molar-refractivity contribution in [1.82, 2.24) is 10.2 Å². The van der Waals surface area contributed by atoms with Crippen LogP contribution in [-0.2, 0) is 16.0 Å². The third kappa shape index (κ3) is 6.02. The Hall–Kier alpha value is -1.02. The summed E-state index contributed by atoms with van der Waals surface area (Å²) in [5.41, 5.74) is 1.16. The standard InChI is InChI=1S/C18H26ClN3O2.HI/c1-13-11-22(12-15(13)17(23)24-3)18(20-2)21-10-6-8-14-7-4-5-9-16(14)19;/h4-5,7,9,13,15H,6,8,10-12H2,1-3H3,(H,20,21);1H. The molecule has 0 spiro atoms.